The Balaban J connectivity index is 1.28. The molecule has 1 atom stereocenters. The summed E-state index contributed by atoms with van der Waals surface area (Å²) in [6.45, 7) is 1.44. The van der Waals surface area contributed by atoms with Crippen molar-refractivity contribution in [3.05, 3.63) is 83.1 Å². The molecule has 4 heterocycles. The fourth-order valence-electron chi connectivity index (χ4n) is 5.09. The Morgan fingerprint density at radius 3 is 2.54 bits per heavy atom. The molecule has 0 spiro atoms. The Hall–Kier alpha value is -4.95. The average Bonchev–Trinajstić information content (AvgIpc) is 3.54. The molecular weight excluding hydrogens is 496 g/mol. The molecule has 0 bridgehead atoms. The Kier molecular flexibility index (Phi) is 6.30. The fraction of sp³-hybridized carbons (Fsp3) is 0.250. The molecule has 4 aromatic rings. The lowest BCUT2D eigenvalue weighted by atomic mass is 10.0. The van der Waals surface area contributed by atoms with Gasteiger partial charge in [0.05, 0.1) is 11.7 Å². The zero-order chi connectivity index (χ0) is 26.9. The molecule has 0 saturated carbocycles. The maximum Gasteiger partial charge on any atom is 0.335 e. The first-order chi connectivity index (χ1) is 19.0. The minimum absolute atomic E-state index is 0.0328. The number of fused-ring (bicyclic) bond motifs is 1. The number of para-hydroxylation sites is 1. The number of likely N-dealkylation sites (tertiary alicyclic amines) is 1. The molecule has 0 aliphatic carbocycles. The molecule has 39 heavy (non-hydrogen) atoms. The summed E-state index contributed by atoms with van der Waals surface area (Å²) in [4.78, 5) is 36.8. The summed E-state index contributed by atoms with van der Waals surface area (Å²) >= 11 is 0. The van der Waals surface area contributed by atoms with E-state index in [1.165, 1.54) is 10.9 Å². The molecule has 196 valence electrons. The van der Waals surface area contributed by atoms with Crippen LogP contribution >= 0.6 is 0 Å². The highest BCUT2D eigenvalue weighted by Crippen LogP contribution is 2.29. The molecule has 2 fully saturated rings. The summed E-state index contributed by atoms with van der Waals surface area (Å²) in [6.07, 6.45) is 4.94. The van der Waals surface area contributed by atoms with E-state index in [0.29, 0.717) is 28.4 Å². The highest BCUT2D eigenvalue weighted by atomic mass is 16.5. The van der Waals surface area contributed by atoms with Gasteiger partial charge in [0.25, 0.3) is 5.91 Å². The van der Waals surface area contributed by atoms with E-state index < -0.39 is 0 Å². The van der Waals surface area contributed by atoms with Gasteiger partial charge < -0.3 is 20.7 Å². The molecule has 2 aliphatic heterocycles. The molecule has 11 heteroatoms. The third-order valence-electron chi connectivity index (χ3n) is 7.09. The number of aromatic nitrogens is 4. The molecule has 6 rings (SSSR count). The van der Waals surface area contributed by atoms with Crippen LogP contribution in [0.15, 0.2) is 77.4 Å². The third kappa shape index (κ3) is 4.51. The van der Waals surface area contributed by atoms with E-state index in [2.05, 4.69) is 15.3 Å². The van der Waals surface area contributed by atoms with Crippen LogP contribution in [-0.2, 0) is 4.79 Å². The first kappa shape index (κ1) is 24.4. The summed E-state index contributed by atoms with van der Waals surface area (Å²) in [7, 11) is 0. The topological polar surface area (TPSA) is 144 Å². The van der Waals surface area contributed by atoms with E-state index in [-0.39, 0.29) is 48.2 Å². The van der Waals surface area contributed by atoms with Gasteiger partial charge in [-0.05, 0) is 61.9 Å². The fourth-order valence-corrected chi connectivity index (χ4v) is 5.09. The zero-order valence-electron chi connectivity index (χ0n) is 21.0. The van der Waals surface area contributed by atoms with E-state index in [0.717, 1.165) is 19.4 Å². The number of carbonyl (C=O) groups excluding carboxylic acids is 1. The monoisotopic (exact) mass is 522 g/mol. The minimum atomic E-state index is -0.336. The summed E-state index contributed by atoms with van der Waals surface area (Å²) in [5, 5.41) is 12.8. The van der Waals surface area contributed by atoms with Gasteiger partial charge in [-0.15, -0.1) is 0 Å². The van der Waals surface area contributed by atoms with Crippen LogP contribution < -0.4 is 21.5 Å². The van der Waals surface area contributed by atoms with E-state index >= 15 is 0 Å². The number of hydrogen-bond donors (Lipinski definition) is 2. The van der Waals surface area contributed by atoms with Gasteiger partial charge in [-0.3, -0.25) is 13.9 Å². The number of imidazole rings is 1. The van der Waals surface area contributed by atoms with Gasteiger partial charge in [-0.2, -0.15) is 5.26 Å². The summed E-state index contributed by atoms with van der Waals surface area (Å²) in [5.74, 6) is 1.16. The van der Waals surface area contributed by atoms with Crippen molar-refractivity contribution in [2.45, 2.75) is 24.9 Å². The van der Waals surface area contributed by atoms with Crippen LogP contribution in [0.5, 0.6) is 11.5 Å². The van der Waals surface area contributed by atoms with Gasteiger partial charge in [0.15, 0.2) is 11.5 Å². The second-order valence-corrected chi connectivity index (χ2v) is 9.59. The van der Waals surface area contributed by atoms with E-state index in [9.17, 15) is 14.9 Å². The lowest BCUT2D eigenvalue weighted by Crippen LogP contribution is -2.53. The highest BCUT2D eigenvalue weighted by Gasteiger charge is 2.37. The molecule has 3 N–H and O–H groups in total. The number of hydrogen-bond acceptors (Lipinski definition) is 8. The van der Waals surface area contributed by atoms with Crippen molar-refractivity contribution in [3.8, 4) is 23.3 Å². The van der Waals surface area contributed by atoms with Crippen molar-refractivity contribution < 1.29 is 9.53 Å². The predicted octanol–water partition coefficient (Wildman–Crippen LogP) is 2.54. The number of nitrogens with two attached hydrogens (primary N) is 1. The number of benzene rings is 2. The lowest BCUT2D eigenvalue weighted by molar-refractivity contribution is -0.132. The second-order valence-electron chi connectivity index (χ2n) is 9.59. The maximum absolute atomic E-state index is 13.7. The van der Waals surface area contributed by atoms with Gasteiger partial charge in [-0.25, -0.2) is 14.8 Å². The number of ether oxygens (including phenoxy) is 1. The van der Waals surface area contributed by atoms with Crippen molar-refractivity contribution in [2.24, 2.45) is 0 Å². The highest BCUT2D eigenvalue weighted by molar-refractivity contribution is 5.98. The molecule has 2 aromatic carbocycles. The first-order valence-electron chi connectivity index (χ1n) is 12.7. The van der Waals surface area contributed by atoms with E-state index in [1.807, 2.05) is 36.4 Å². The van der Waals surface area contributed by atoms with Crippen molar-refractivity contribution in [2.75, 3.05) is 25.4 Å². The number of anilines is 1. The normalized spacial score (nSPS) is 17.7. The number of nitrogens with zero attached hydrogens (tertiary/aromatic N) is 6. The number of rotatable bonds is 6. The molecule has 2 aromatic heterocycles. The number of nitrogens with one attached hydrogen (secondary N) is 1. The maximum atomic E-state index is 13.7. The van der Waals surface area contributed by atoms with Gasteiger partial charge in [0, 0.05) is 19.1 Å². The Labute approximate surface area is 223 Å². The average molecular weight is 523 g/mol. The SMILES string of the molecule is N#CC(=C[C@@H]1CCCN1)C(=O)N1CC(n2c(=O)n(-c3ccc(Oc4ccccc4)cc3)c3c(N)ncnc32)C1. The van der Waals surface area contributed by atoms with Crippen molar-refractivity contribution >= 4 is 22.9 Å². The molecule has 0 radical (unpaired) electrons. The van der Waals surface area contributed by atoms with Crippen molar-refractivity contribution in [1.29, 1.82) is 5.26 Å². The van der Waals surface area contributed by atoms with Crippen LogP contribution in [0.3, 0.4) is 0 Å². The van der Waals surface area contributed by atoms with Gasteiger partial charge in [0.1, 0.15) is 35.0 Å². The van der Waals surface area contributed by atoms with Crippen LogP contribution in [0.4, 0.5) is 5.82 Å². The largest absolute Gasteiger partial charge is 0.457 e. The molecule has 11 nitrogen and oxygen atoms in total. The molecule has 1 amide bonds. The van der Waals surface area contributed by atoms with Crippen molar-refractivity contribution in [3.63, 3.8) is 0 Å². The molecule has 2 aliphatic rings. The van der Waals surface area contributed by atoms with Gasteiger partial charge in [0.2, 0.25) is 0 Å². The van der Waals surface area contributed by atoms with Crippen LogP contribution in [0, 0.1) is 11.3 Å². The summed E-state index contributed by atoms with van der Waals surface area (Å²) in [5.41, 5.74) is 7.36. The molecular formula is C28H26N8O3. The first-order valence-corrected chi connectivity index (χ1v) is 12.7. The standard InChI is InChI=1S/C28H26N8O3/c29-14-18(13-19-5-4-12-31-19)27(37)34-15-21(16-34)36-26-24(25(30)32-17-33-26)35(28(36)38)20-8-10-23(11-9-20)39-22-6-2-1-3-7-22/h1-3,6-11,13,17,19,21,31H,4-5,12,15-16H2,(H2,30,32,33)/t19-/m0/s1. The predicted molar refractivity (Wildman–Crippen MR) is 144 cm³/mol. The van der Waals surface area contributed by atoms with Crippen molar-refractivity contribution in [1.82, 2.24) is 29.3 Å². The number of amides is 1. The zero-order valence-corrected chi connectivity index (χ0v) is 21.0. The van der Waals surface area contributed by atoms with Gasteiger partial charge >= 0.3 is 5.69 Å². The molecule has 0 unspecified atom stereocenters. The Bertz CT molecular complexity index is 1660. The van der Waals surface area contributed by atoms with Crippen LogP contribution in [0.25, 0.3) is 16.9 Å². The summed E-state index contributed by atoms with van der Waals surface area (Å²) in [6, 6.07) is 18.3. The summed E-state index contributed by atoms with van der Waals surface area (Å²) < 4.78 is 8.91. The van der Waals surface area contributed by atoms with Gasteiger partial charge in [-0.1, -0.05) is 18.2 Å². The molecule has 2 saturated heterocycles. The number of carbonyl (C=O) groups is 1. The quantitative estimate of drug-likeness (QED) is 0.290. The van der Waals surface area contributed by atoms with Crippen LogP contribution in [0.2, 0.25) is 0 Å². The Morgan fingerprint density at radius 1 is 1.10 bits per heavy atom. The van der Waals surface area contributed by atoms with E-state index in [1.54, 1.807) is 39.8 Å². The Morgan fingerprint density at radius 2 is 1.85 bits per heavy atom. The van der Waals surface area contributed by atoms with Crippen LogP contribution in [0.1, 0.15) is 18.9 Å². The third-order valence-corrected chi connectivity index (χ3v) is 7.09. The number of nitrogen functional groups attached to an aromatic ring is 1. The van der Waals surface area contributed by atoms with Crippen LogP contribution in [-0.4, -0.2) is 55.6 Å². The minimum Gasteiger partial charge on any atom is -0.457 e. The second kappa shape index (κ2) is 10.1. The number of nitriles is 1. The lowest BCUT2D eigenvalue weighted by Gasteiger charge is -2.39. The van der Waals surface area contributed by atoms with E-state index in [4.69, 9.17) is 10.5 Å². The smallest absolute Gasteiger partial charge is 0.335 e.